The average molecular weight is 249 g/mol. The molecule has 0 saturated heterocycles. The summed E-state index contributed by atoms with van der Waals surface area (Å²) in [6, 6.07) is 7.72. The minimum atomic E-state index is 0.146. The Morgan fingerprint density at radius 1 is 1.44 bits per heavy atom. The molecule has 0 bridgehead atoms. The van der Waals surface area contributed by atoms with Crippen LogP contribution in [-0.4, -0.2) is 24.6 Å². The highest BCUT2D eigenvalue weighted by Crippen LogP contribution is 2.16. The first-order valence-corrected chi connectivity index (χ1v) is 6.33. The van der Waals surface area contributed by atoms with Crippen LogP contribution in [0.15, 0.2) is 29.4 Å². The lowest BCUT2D eigenvalue weighted by Crippen LogP contribution is -2.20. The number of oxime groups is 1. The minimum Gasteiger partial charge on any atom is -0.409 e. The van der Waals surface area contributed by atoms with Crippen LogP contribution in [0.25, 0.3) is 0 Å². The van der Waals surface area contributed by atoms with Crippen molar-refractivity contribution in [3.63, 3.8) is 0 Å². The number of anilines is 1. The lowest BCUT2D eigenvalue weighted by molar-refractivity contribution is 0.318. The fourth-order valence-electron chi connectivity index (χ4n) is 1.83. The van der Waals surface area contributed by atoms with E-state index in [2.05, 4.69) is 31.0 Å². The highest BCUT2D eigenvalue weighted by atomic mass is 16.4. The van der Waals surface area contributed by atoms with Crippen molar-refractivity contribution < 1.29 is 5.21 Å². The van der Waals surface area contributed by atoms with Crippen molar-refractivity contribution in [1.29, 1.82) is 0 Å². The zero-order chi connectivity index (χ0) is 13.5. The number of nitrogens with two attached hydrogens (primary N) is 1. The molecule has 0 aliphatic heterocycles. The summed E-state index contributed by atoms with van der Waals surface area (Å²) in [4.78, 5) is 2.19. The Bertz CT molecular complexity index is 402. The summed E-state index contributed by atoms with van der Waals surface area (Å²) in [7, 11) is 2.06. The first-order chi connectivity index (χ1) is 8.54. The maximum atomic E-state index is 8.67. The van der Waals surface area contributed by atoms with Crippen molar-refractivity contribution in [1.82, 2.24) is 0 Å². The summed E-state index contributed by atoms with van der Waals surface area (Å²) in [5, 5.41) is 11.7. The van der Waals surface area contributed by atoms with Crippen LogP contribution in [-0.2, 0) is 0 Å². The Morgan fingerprint density at radius 3 is 2.78 bits per heavy atom. The van der Waals surface area contributed by atoms with Gasteiger partial charge in [0.05, 0.1) is 0 Å². The summed E-state index contributed by atoms with van der Waals surface area (Å²) in [5.41, 5.74) is 7.41. The Balaban J connectivity index is 2.65. The van der Waals surface area contributed by atoms with Gasteiger partial charge in [-0.1, -0.05) is 31.1 Å². The molecule has 4 heteroatoms. The van der Waals surface area contributed by atoms with Gasteiger partial charge < -0.3 is 15.8 Å². The predicted molar refractivity (Wildman–Crippen MR) is 76.3 cm³/mol. The van der Waals surface area contributed by atoms with Gasteiger partial charge in [-0.3, -0.25) is 0 Å². The summed E-state index contributed by atoms with van der Waals surface area (Å²) in [6.45, 7) is 5.48. The molecule has 1 aromatic rings. The quantitative estimate of drug-likeness (QED) is 0.352. The number of benzene rings is 1. The second-order valence-corrected chi connectivity index (χ2v) is 4.99. The molecule has 0 radical (unpaired) electrons. The molecule has 0 unspecified atom stereocenters. The molecule has 0 spiro atoms. The van der Waals surface area contributed by atoms with Crippen molar-refractivity contribution in [2.75, 3.05) is 18.5 Å². The molecule has 0 saturated carbocycles. The monoisotopic (exact) mass is 249 g/mol. The van der Waals surface area contributed by atoms with E-state index in [4.69, 9.17) is 10.9 Å². The molecule has 18 heavy (non-hydrogen) atoms. The van der Waals surface area contributed by atoms with Crippen LogP contribution in [0.1, 0.15) is 32.3 Å². The van der Waals surface area contributed by atoms with Gasteiger partial charge in [-0.2, -0.15) is 0 Å². The molecule has 0 heterocycles. The van der Waals surface area contributed by atoms with Crippen molar-refractivity contribution in [2.45, 2.75) is 26.7 Å². The van der Waals surface area contributed by atoms with E-state index < -0.39 is 0 Å². The van der Waals surface area contributed by atoms with E-state index in [9.17, 15) is 0 Å². The van der Waals surface area contributed by atoms with Gasteiger partial charge in [0.15, 0.2) is 5.84 Å². The highest BCUT2D eigenvalue weighted by molar-refractivity contribution is 5.97. The van der Waals surface area contributed by atoms with Gasteiger partial charge in [0.2, 0.25) is 0 Å². The van der Waals surface area contributed by atoms with Crippen molar-refractivity contribution >= 4 is 11.5 Å². The largest absolute Gasteiger partial charge is 0.409 e. The van der Waals surface area contributed by atoms with Crippen LogP contribution in [0.5, 0.6) is 0 Å². The molecule has 0 atom stereocenters. The topological polar surface area (TPSA) is 61.8 Å². The molecule has 1 aromatic carbocycles. The predicted octanol–water partition coefficient (Wildman–Crippen LogP) is 2.65. The summed E-state index contributed by atoms with van der Waals surface area (Å²) in [6.07, 6.45) is 2.40. The van der Waals surface area contributed by atoms with E-state index in [0.717, 1.165) is 23.7 Å². The van der Waals surface area contributed by atoms with Gasteiger partial charge in [0.25, 0.3) is 0 Å². The molecule has 0 fully saturated rings. The average Bonchev–Trinajstić information content (AvgIpc) is 2.37. The standard InChI is InChI=1S/C14H23N3O/c1-11(2)6-5-9-17(3)13-8-4-7-12(10-13)14(15)16-18/h4,7-8,10-11,18H,5-6,9H2,1-3H3,(H2,15,16). The van der Waals surface area contributed by atoms with E-state index in [1.807, 2.05) is 24.3 Å². The Morgan fingerprint density at radius 2 is 2.17 bits per heavy atom. The first-order valence-electron chi connectivity index (χ1n) is 6.33. The lowest BCUT2D eigenvalue weighted by atomic mass is 10.1. The van der Waals surface area contributed by atoms with Gasteiger partial charge >= 0.3 is 0 Å². The maximum absolute atomic E-state index is 8.67. The van der Waals surface area contributed by atoms with E-state index in [1.54, 1.807) is 0 Å². The van der Waals surface area contributed by atoms with Gasteiger partial charge in [-0.05, 0) is 30.9 Å². The molecule has 0 amide bonds. The highest BCUT2D eigenvalue weighted by Gasteiger charge is 2.05. The van der Waals surface area contributed by atoms with Crippen LogP contribution in [0.3, 0.4) is 0 Å². The SMILES string of the molecule is CC(C)CCCN(C)c1cccc(/C(N)=N/O)c1. The fourth-order valence-corrected chi connectivity index (χ4v) is 1.83. The van der Waals surface area contributed by atoms with Gasteiger partial charge in [0, 0.05) is 24.8 Å². The van der Waals surface area contributed by atoms with Crippen molar-refractivity contribution in [3.8, 4) is 0 Å². The Hall–Kier alpha value is -1.71. The molecular formula is C14H23N3O. The third kappa shape index (κ3) is 4.28. The van der Waals surface area contributed by atoms with E-state index >= 15 is 0 Å². The fraction of sp³-hybridized carbons (Fsp3) is 0.500. The van der Waals surface area contributed by atoms with Crippen LogP contribution < -0.4 is 10.6 Å². The smallest absolute Gasteiger partial charge is 0.170 e. The molecule has 0 aliphatic carbocycles. The first kappa shape index (κ1) is 14.4. The molecule has 3 N–H and O–H groups in total. The molecule has 0 aliphatic rings. The third-order valence-corrected chi connectivity index (χ3v) is 2.97. The van der Waals surface area contributed by atoms with Crippen LogP contribution in [0, 0.1) is 5.92 Å². The maximum Gasteiger partial charge on any atom is 0.170 e. The van der Waals surface area contributed by atoms with E-state index in [1.165, 1.54) is 12.8 Å². The normalized spacial score (nSPS) is 11.9. The second-order valence-electron chi connectivity index (χ2n) is 4.99. The van der Waals surface area contributed by atoms with Gasteiger partial charge in [-0.25, -0.2) is 0 Å². The zero-order valence-corrected chi connectivity index (χ0v) is 11.4. The summed E-state index contributed by atoms with van der Waals surface area (Å²) >= 11 is 0. The number of amidine groups is 1. The molecular weight excluding hydrogens is 226 g/mol. The van der Waals surface area contributed by atoms with Crippen LogP contribution in [0.4, 0.5) is 5.69 Å². The zero-order valence-electron chi connectivity index (χ0n) is 11.4. The molecule has 4 nitrogen and oxygen atoms in total. The molecule has 100 valence electrons. The van der Waals surface area contributed by atoms with Gasteiger partial charge in [-0.15, -0.1) is 0 Å². The molecule has 1 rings (SSSR count). The second kappa shape index (κ2) is 6.89. The van der Waals surface area contributed by atoms with Crippen molar-refractivity contribution in [2.24, 2.45) is 16.8 Å². The minimum absolute atomic E-state index is 0.146. The lowest BCUT2D eigenvalue weighted by Gasteiger charge is -2.20. The Labute approximate surface area is 109 Å². The van der Waals surface area contributed by atoms with E-state index in [0.29, 0.717) is 0 Å². The van der Waals surface area contributed by atoms with E-state index in [-0.39, 0.29) is 5.84 Å². The van der Waals surface area contributed by atoms with Gasteiger partial charge in [0.1, 0.15) is 0 Å². The molecule has 0 aromatic heterocycles. The number of nitrogens with zero attached hydrogens (tertiary/aromatic N) is 2. The number of hydrogen-bond donors (Lipinski definition) is 2. The number of rotatable bonds is 6. The third-order valence-electron chi connectivity index (χ3n) is 2.97. The van der Waals surface area contributed by atoms with Crippen molar-refractivity contribution in [3.05, 3.63) is 29.8 Å². The summed E-state index contributed by atoms with van der Waals surface area (Å²) < 4.78 is 0. The number of hydrogen-bond acceptors (Lipinski definition) is 3. The Kier molecular flexibility index (Phi) is 5.49. The summed E-state index contributed by atoms with van der Waals surface area (Å²) in [5.74, 6) is 0.884. The van der Waals surface area contributed by atoms with Crippen LogP contribution in [0.2, 0.25) is 0 Å². The van der Waals surface area contributed by atoms with Crippen LogP contribution >= 0.6 is 0 Å².